The fourth-order valence-electron chi connectivity index (χ4n) is 2.77. The van der Waals surface area contributed by atoms with E-state index in [4.69, 9.17) is 4.74 Å². The monoisotopic (exact) mass is 291 g/mol. The summed E-state index contributed by atoms with van der Waals surface area (Å²) in [5.41, 5.74) is 1.48. The molecule has 0 atom stereocenters. The number of aromatic nitrogens is 2. The van der Waals surface area contributed by atoms with Crippen LogP contribution in [0.5, 0.6) is 0 Å². The Kier molecular flexibility index (Phi) is 5.57. The van der Waals surface area contributed by atoms with Gasteiger partial charge in [-0.1, -0.05) is 20.8 Å². The van der Waals surface area contributed by atoms with Gasteiger partial charge in [0.25, 0.3) is 0 Å². The first kappa shape index (κ1) is 16.2. The minimum atomic E-state index is 0.370. The summed E-state index contributed by atoms with van der Waals surface area (Å²) in [5, 5.41) is 3.32. The van der Waals surface area contributed by atoms with Crippen molar-refractivity contribution in [1.29, 1.82) is 0 Å². The predicted molar refractivity (Wildman–Crippen MR) is 86.4 cm³/mol. The van der Waals surface area contributed by atoms with Gasteiger partial charge in [-0.3, -0.25) is 0 Å². The molecule has 0 aromatic carbocycles. The zero-order valence-corrected chi connectivity index (χ0v) is 13.9. The van der Waals surface area contributed by atoms with Crippen LogP contribution in [-0.4, -0.2) is 22.6 Å². The highest BCUT2D eigenvalue weighted by Gasteiger charge is 2.27. The molecule has 0 amide bonds. The first-order chi connectivity index (χ1) is 9.98. The van der Waals surface area contributed by atoms with Gasteiger partial charge in [0, 0.05) is 18.3 Å². The fraction of sp³-hybridized carbons (Fsp3) is 0.765. The van der Waals surface area contributed by atoms with Crippen LogP contribution in [0.25, 0.3) is 0 Å². The third-order valence-corrected chi connectivity index (χ3v) is 4.19. The summed E-state index contributed by atoms with van der Waals surface area (Å²) in [6, 6.07) is 1.99. The highest BCUT2D eigenvalue weighted by molar-refractivity contribution is 5.35. The standard InChI is InChI=1S/C17H29N3O/c1-5-10-18-15-11-13(2)19-16(20-15)12-21-14-6-8-17(3,4)9-7-14/h11,14H,5-10,12H2,1-4H3,(H,18,19,20). The van der Waals surface area contributed by atoms with Gasteiger partial charge in [-0.2, -0.15) is 0 Å². The summed E-state index contributed by atoms with van der Waals surface area (Å²) in [6.07, 6.45) is 6.26. The molecule has 118 valence electrons. The lowest BCUT2D eigenvalue weighted by Crippen LogP contribution is -2.26. The van der Waals surface area contributed by atoms with Crippen LogP contribution in [0.2, 0.25) is 0 Å². The van der Waals surface area contributed by atoms with Crippen LogP contribution in [-0.2, 0) is 11.3 Å². The zero-order chi connectivity index (χ0) is 15.3. The van der Waals surface area contributed by atoms with E-state index in [9.17, 15) is 0 Å². The maximum Gasteiger partial charge on any atom is 0.156 e. The molecule has 0 unspecified atom stereocenters. The average molecular weight is 291 g/mol. The molecule has 1 aliphatic rings. The Bertz CT molecular complexity index is 449. The molecule has 0 bridgehead atoms. The molecule has 1 heterocycles. The fourth-order valence-corrected chi connectivity index (χ4v) is 2.77. The van der Waals surface area contributed by atoms with Crippen molar-refractivity contribution in [3.63, 3.8) is 0 Å². The Hall–Kier alpha value is -1.16. The summed E-state index contributed by atoms with van der Waals surface area (Å²) in [6.45, 7) is 10.3. The molecule has 1 saturated carbocycles. The highest BCUT2D eigenvalue weighted by atomic mass is 16.5. The summed E-state index contributed by atoms with van der Waals surface area (Å²) >= 11 is 0. The quantitative estimate of drug-likeness (QED) is 0.857. The Labute approximate surface area is 128 Å². The van der Waals surface area contributed by atoms with Crippen LogP contribution < -0.4 is 5.32 Å². The van der Waals surface area contributed by atoms with Gasteiger partial charge < -0.3 is 10.1 Å². The largest absolute Gasteiger partial charge is 0.370 e. The normalized spacial score (nSPS) is 18.7. The predicted octanol–water partition coefficient (Wildman–Crippen LogP) is 4.09. The van der Waals surface area contributed by atoms with Gasteiger partial charge in [-0.05, 0) is 44.4 Å². The first-order valence-electron chi connectivity index (χ1n) is 8.18. The van der Waals surface area contributed by atoms with Crippen molar-refractivity contribution in [2.24, 2.45) is 5.41 Å². The van der Waals surface area contributed by atoms with Crippen molar-refractivity contribution in [3.8, 4) is 0 Å². The van der Waals surface area contributed by atoms with E-state index in [1.165, 1.54) is 12.8 Å². The molecule has 21 heavy (non-hydrogen) atoms. The molecule has 0 aliphatic heterocycles. The Morgan fingerprint density at radius 2 is 2.00 bits per heavy atom. The van der Waals surface area contributed by atoms with Crippen molar-refractivity contribution in [2.75, 3.05) is 11.9 Å². The van der Waals surface area contributed by atoms with E-state index < -0.39 is 0 Å². The van der Waals surface area contributed by atoms with Crippen molar-refractivity contribution in [1.82, 2.24) is 9.97 Å². The molecule has 0 saturated heterocycles. The second-order valence-corrected chi connectivity index (χ2v) is 6.91. The Morgan fingerprint density at radius 3 is 2.67 bits per heavy atom. The first-order valence-corrected chi connectivity index (χ1v) is 8.18. The molecular formula is C17H29N3O. The minimum Gasteiger partial charge on any atom is -0.370 e. The van der Waals surface area contributed by atoms with Gasteiger partial charge in [-0.25, -0.2) is 9.97 Å². The topological polar surface area (TPSA) is 47.0 Å². The number of nitrogens with one attached hydrogen (secondary N) is 1. The number of ether oxygens (including phenoxy) is 1. The number of hydrogen-bond acceptors (Lipinski definition) is 4. The molecule has 0 radical (unpaired) electrons. The van der Waals surface area contributed by atoms with Crippen LogP contribution in [0, 0.1) is 12.3 Å². The van der Waals surface area contributed by atoms with Crippen LogP contribution >= 0.6 is 0 Å². The number of nitrogens with zero attached hydrogens (tertiary/aromatic N) is 2. The van der Waals surface area contributed by atoms with E-state index in [1.807, 2.05) is 13.0 Å². The van der Waals surface area contributed by atoms with Gasteiger partial charge in [0.15, 0.2) is 5.82 Å². The van der Waals surface area contributed by atoms with Crippen LogP contribution in [0.4, 0.5) is 5.82 Å². The number of aryl methyl sites for hydroxylation is 1. The van der Waals surface area contributed by atoms with E-state index in [1.54, 1.807) is 0 Å². The SMILES string of the molecule is CCCNc1cc(C)nc(COC2CCC(C)(C)CC2)n1. The van der Waals surface area contributed by atoms with Crippen LogP contribution in [0.1, 0.15) is 64.4 Å². The lowest BCUT2D eigenvalue weighted by molar-refractivity contribution is -0.00829. The molecule has 2 rings (SSSR count). The van der Waals surface area contributed by atoms with E-state index in [0.29, 0.717) is 18.1 Å². The summed E-state index contributed by atoms with van der Waals surface area (Å²) in [5.74, 6) is 1.70. The molecule has 1 aromatic rings. The van der Waals surface area contributed by atoms with Crippen molar-refractivity contribution < 1.29 is 4.74 Å². The van der Waals surface area contributed by atoms with Crippen LogP contribution in [0.3, 0.4) is 0 Å². The molecule has 1 fully saturated rings. The van der Waals surface area contributed by atoms with Gasteiger partial charge in [0.2, 0.25) is 0 Å². The van der Waals surface area contributed by atoms with Gasteiger partial charge >= 0.3 is 0 Å². The minimum absolute atomic E-state index is 0.370. The molecule has 4 heteroatoms. The molecule has 1 aliphatic carbocycles. The number of rotatable bonds is 6. The van der Waals surface area contributed by atoms with Gasteiger partial charge in [0.1, 0.15) is 12.4 Å². The summed E-state index contributed by atoms with van der Waals surface area (Å²) in [7, 11) is 0. The maximum atomic E-state index is 6.02. The van der Waals surface area contributed by atoms with E-state index >= 15 is 0 Å². The third-order valence-electron chi connectivity index (χ3n) is 4.19. The van der Waals surface area contributed by atoms with E-state index in [-0.39, 0.29) is 0 Å². The van der Waals surface area contributed by atoms with Crippen molar-refractivity contribution >= 4 is 5.82 Å². The van der Waals surface area contributed by atoms with Crippen molar-refractivity contribution in [3.05, 3.63) is 17.6 Å². The van der Waals surface area contributed by atoms with Gasteiger partial charge in [0.05, 0.1) is 6.10 Å². The molecular weight excluding hydrogens is 262 g/mol. The number of hydrogen-bond donors (Lipinski definition) is 1. The molecule has 1 aromatic heterocycles. The van der Waals surface area contributed by atoms with Crippen molar-refractivity contribution in [2.45, 2.75) is 72.5 Å². The lowest BCUT2D eigenvalue weighted by Gasteiger charge is -2.34. The second kappa shape index (κ2) is 7.21. The highest BCUT2D eigenvalue weighted by Crippen LogP contribution is 2.36. The zero-order valence-electron chi connectivity index (χ0n) is 13.9. The molecule has 0 spiro atoms. The van der Waals surface area contributed by atoms with E-state index in [0.717, 1.165) is 43.1 Å². The smallest absolute Gasteiger partial charge is 0.156 e. The summed E-state index contributed by atoms with van der Waals surface area (Å²) in [4.78, 5) is 9.02. The second-order valence-electron chi connectivity index (χ2n) is 6.91. The number of anilines is 1. The Balaban J connectivity index is 1.86. The lowest BCUT2D eigenvalue weighted by atomic mass is 9.76. The summed E-state index contributed by atoms with van der Waals surface area (Å²) < 4.78 is 6.02. The molecule has 4 nitrogen and oxygen atoms in total. The Morgan fingerprint density at radius 1 is 1.29 bits per heavy atom. The molecule has 1 N–H and O–H groups in total. The van der Waals surface area contributed by atoms with E-state index in [2.05, 4.69) is 36.1 Å². The van der Waals surface area contributed by atoms with Gasteiger partial charge in [-0.15, -0.1) is 0 Å². The van der Waals surface area contributed by atoms with Crippen LogP contribution in [0.15, 0.2) is 6.07 Å². The average Bonchev–Trinajstić information content (AvgIpc) is 2.43. The third kappa shape index (κ3) is 5.27. The maximum absolute atomic E-state index is 6.02.